The van der Waals surface area contributed by atoms with Crippen molar-refractivity contribution in [3.05, 3.63) is 57.3 Å². The fraction of sp³-hybridized carbons (Fsp3) is 0.429. The van der Waals surface area contributed by atoms with Gasteiger partial charge in [-0.2, -0.15) is 0 Å². The molecule has 1 aromatic heterocycles. The first-order valence-corrected chi connectivity index (χ1v) is 10.2. The number of carbonyl (C=O) groups is 2. The molecule has 2 N–H and O–H groups in total. The average molecular weight is 432 g/mol. The van der Waals surface area contributed by atoms with E-state index in [1.54, 1.807) is 0 Å². The van der Waals surface area contributed by atoms with Crippen molar-refractivity contribution in [3.8, 4) is 0 Å². The Labute approximate surface area is 168 Å². The molecule has 0 atom stereocenters. The third-order valence-electron chi connectivity index (χ3n) is 5.12. The van der Waals surface area contributed by atoms with Crippen molar-refractivity contribution in [1.29, 1.82) is 0 Å². The van der Waals surface area contributed by atoms with Gasteiger partial charge in [0.25, 0.3) is 5.91 Å². The molecular weight excluding hydrogens is 406 g/mol. The zero-order chi connectivity index (χ0) is 19.4. The van der Waals surface area contributed by atoms with Gasteiger partial charge in [0.05, 0.1) is 0 Å². The zero-order valence-electron chi connectivity index (χ0n) is 15.8. The maximum Gasteiger partial charge on any atom is 0.270 e. The van der Waals surface area contributed by atoms with Crippen molar-refractivity contribution in [1.82, 2.24) is 15.2 Å². The first kappa shape index (κ1) is 19.7. The third-order valence-corrected chi connectivity index (χ3v) is 5.61. The average Bonchev–Trinajstić information content (AvgIpc) is 2.98. The minimum absolute atomic E-state index is 0.0677. The van der Waals surface area contributed by atoms with Crippen LogP contribution in [0.3, 0.4) is 0 Å². The molecule has 1 aliphatic heterocycles. The lowest BCUT2D eigenvalue weighted by Crippen LogP contribution is -2.40. The molecule has 0 radical (unpaired) electrons. The summed E-state index contributed by atoms with van der Waals surface area (Å²) in [6, 6.07) is 9.94. The molecule has 6 heteroatoms. The Morgan fingerprint density at radius 1 is 1.22 bits per heavy atom. The van der Waals surface area contributed by atoms with E-state index in [-0.39, 0.29) is 11.8 Å². The van der Waals surface area contributed by atoms with Crippen molar-refractivity contribution in [2.24, 2.45) is 5.92 Å². The SMILES string of the molecule is Cc1cc(C)c(C(=O)N2CCC(CC(=O)NCc3cccc(Br)c3)CC2)[nH]1. The Balaban J connectivity index is 1.44. The second-order valence-electron chi connectivity index (χ2n) is 7.36. The van der Waals surface area contributed by atoms with E-state index in [2.05, 4.69) is 26.2 Å². The Morgan fingerprint density at radius 2 is 1.96 bits per heavy atom. The maximum atomic E-state index is 12.7. The van der Waals surface area contributed by atoms with Crippen LogP contribution >= 0.6 is 15.9 Å². The van der Waals surface area contributed by atoms with Crippen LogP contribution in [0.5, 0.6) is 0 Å². The summed E-state index contributed by atoms with van der Waals surface area (Å²) in [5, 5.41) is 3.00. The van der Waals surface area contributed by atoms with Gasteiger partial charge in [-0.05, 0) is 61.9 Å². The van der Waals surface area contributed by atoms with E-state index < -0.39 is 0 Å². The van der Waals surface area contributed by atoms with Crippen molar-refractivity contribution in [3.63, 3.8) is 0 Å². The predicted molar refractivity (Wildman–Crippen MR) is 109 cm³/mol. The van der Waals surface area contributed by atoms with E-state index in [1.165, 1.54) is 0 Å². The van der Waals surface area contributed by atoms with Crippen molar-refractivity contribution in [2.75, 3.05) is 13.1 Å². The van der Waals surface area contributed by atoms with Crippen molar-refractivity contribution >= 4 is 27.7 Å². The van der Waals surface area contributed by atoms with Gasteiger partial charge in [-0.15, -0.1) is 0 Å². The summed E-state index contributed by atoms with van der Waals surface area (Å²) in [7, 11) is 0. The molecule has 1 saturated heterocycles. The fourth-order valence-corrected chi connectivity index (χ4v) is 4.08. The molecule has 3 rings (SSSR count). The summed E-state index contributed by atoms with van der Waals surface area (Å²) >= 11 is 3.44. The van der Waals surface area contributed by atoms with E-state index >= 15 is 0 Å². The number of aryl methyl sites for hydroxylation is 2. The van der Waals surface area contributed by atoms with Crippen LogP contribution in [0.2, 0.25) is 0 Å². The quantitative estimate of drug-likeness (QED) is 0.752. The summed E-state index contributed by atoms with van der Waals surface area (Å²) in [5.74, 6) is 0.483. The van der Waals surface area contributed by atoms with Gasteiger partial charge in [0, 0.05) is 36.2 Å². The van der Waals surface area contributed by atoms with Gasteiger partial charge in [-0.3, -0.25) is 9.59 Å². The molecule has 2 heterocycles. The zero-order valence-corrected chi connectivity index (χ0v) is 17.4. The van der Waals surface area contributed by atoms with E-state index in [1.807, 2.05) is 49.1 Å². The predicted octanol–water partition coefficient (Wildman–Crippen LogP) is 3.95. The molecule has 1 fully saturated rings. The molecule has 0 saturated carbocycles. The van der Waals surface area contributed by atoms with E-state index in [0.29, 0.717) is 37.7 Å². The molecule has 0 aliphatic carbocycles. The van der Waals surface area contributed by atoms with Crippen LogP contribution in [0.1, 0.15) is 46.6 Å². The number of halogens is 1. The van der Waals surface area contributed by atoms with Gasteiger partial charge in [-0.1, -0.05) is 28.1 Å². The molecule has 1 aliphatic rings. The number of carbonyl (C=O) groups excluding carboxylic acids is 2. The van der Waals surface area contributed by atoms with E-state index in [0.717, 1.165) is 34.1 Å². The largest absolute Gasteiger partial charge is 0.354 e. The minimum Gasteiger partial charge on any atom is -0.354 e. The van der Waals surface area contributed by atoms with E-state index in [9.17, 15) is 9.59 Å². The van der Waals surface area contributed by atoms with Gasteiger partial charge in [0.2, 0.25) is 5.91 Å². The standard InChI is InChI=1S/C21H26BrN3O2/c1-14-10-15(2)24-20(14)21(27)25-8-6-16(7-9-25)12-19(26)23-13-17-4-3-5-18(22)11-17/h3-5,10-11,16,24H,6-9,12-13H2,1-2H3,(H,23,26). The highest BCUT2D eigenvalue weighted by Crippen LogP contribution is 2.23. The molecule has 2 amide bonds. The highest BCUT2D eigenvalue weighted by molar-refractivity contribution is 9.10. The first-order chi connectivity index (χ1) is 12.9. The summed E-state index contributed by atoms with van der Waals surface area (Å²) in [6.45, 7) is 5.88. The smallest absolute Gasteiger partial charge is 0.270 e. The van der Waals surface area contributed by atoms with Crippen LogP contribution in [-0.2, 0) is 11.3 Å². The molecule has 1 aromatic carbocycles. The summed E-state index contributed by atoms with van der Waals surface area (Å²) in [6.07, 6.45) is 2.26. The van der Waals surface area contributed by atoms with Gasteiger partial charge >= 0.3 is 0 Å². The molecule has 2 aromatic rings. The number of piperidine rings is 1. The Morgan fingerprint density at radius 3 is 2.59 bits per heavy atom. The minimum atomic E-state index is 0.0677. The number of hydrogen-bond acceptors (Lipinski definition) is 2. The van der Waals surface area contributed by atoms with Crippen LogP contribution in [0.4, 0.5) is 0 Å². The van der Waals surface area contributed by atoms with Crippen molar-refractivity contribution < 1.29 is 9.59 Å². The summed E-state index contributed by atoms with van der Waals surface area (Å²) in [5.41, 5.74) is 3.77. The molecule has 5 nitrogen and oxygen atoms in total. The van der Waals surface area contributed by atoms with Gasteiger partial charge in [0.15, 0.2) is 0 Å². The lowest BCUT2D eigenvalue weighted by Gasteiger charge is -2.31. The maximum absolute atomic E-state index is 12.7. The number of rotatable bonds is 5. The number of hydrogen-bond donors (Lipinski definition) is 2. The molecule has 0 unspecified atom stereocenters. The Bertz CT molecular complexity index is 823. The highest BCUT2D eigenvalue weighted by atomic mass is 79.9. The van der Waals surface area contributed by atoms with E-state index in [4.69, 9.17) is 0 Å². The van der Waals surface area contributed by atoms with Gasteiger partial charge in [0.1, 0.15) is 5.69 Å². The fourth-order valence-electron chi connectivity index (χ4n) is 3.63. The second-order valence-corrected chi connectivity index (χ2v) is 8.27. The van der Waals surface area contributed by atoms with Crippen LogP contribution in [0, 0.1) is 19.8 Å². The van der Waals surface area contributed by atoms with Gasteiger partial charge in [-0.25, -0.2) is 0 Å². The third kappa shape index (κ3) is 5.22. The Kier molecular flexibility index (Phi) is 6.37. The number of nitrogens with zero attached hydrogens (tertiary/aromatic N) is 1. The van der Waals surface area contributed by atoms with Crippen LogP contribution < -0.4 is 5.32 Å². The van der Waals surface area contributed by atoms with Crippen LogP contribution in [0.25, 0.3) is 0 Å². The lowest BCUT2D eigenvalue weighted by molar-refractivity contribution is -0.122. The molecule has 0 bridgehead atoms. The van der Waals surface area contributed by atoms with Crippen molar-refractivity contribution in [2.45, 2.75) is 39.7 Å². The number of nitrogens with one attached hydrogen (secondary N) is 2. The van der Waals surface area contributed by atoms with Gasteiger partial charge < -0.3 is 15.2 Å². The lowest BCUT2D eigenvalue weighted by atomic mass is 9.93. The number of benzene rings is 1. The number of H-pyrrole nitrogens is 1. The van der Waals surface area contributed by atoms with Crippen LogP contribution in [-0.4, -0.2) is 34.8 Å². The number of aromatic amines is 1. The van der Waals surface area contributed by atoms with Crippen LogP contribution in [0.15, 0.2) is 34.8 Å². The topological polar surface area (TPSA) is 65.2 Å². The molecule has 27 heavy (non-hydrogen) atoms. The number of amides is 2. The monoisotopic (exact) mass is 431 g/mol. The summed E-state index contributed by atoms with van der Waals surface area (Å²) in [4.78, 5) is 30.0. The summed E-state index contributed by atoms with van der Waals surface area (Å²) < 4.78 is 1.01. The highest BCUT2D eigenvalue weighted by Gasteiger charge is 2.26. The first-order valence-electron chi connectivity index (χ1n) is 9.39. The Hall–Kier alpha value is -2.08. The second kappa shape index (κ2) is 8.74. The molecule has 0 spiro atoms. The normalized spacial score (nSPS) is 15.0. The number of likely N-dealkylation sites (tertiary alicyclic amines) is 1. The molecule has 144 valence electrons. The number of aromatic nitrogens is 1. The molecular formula is C21H26BrN3O2.